The van der Waals surface area contributed by atoms with Gasteiger partial charge in [0, 0.05) is 29.8 Å². The highest BCUT2D eigenvalue weighted by molar-refractivity contribution is 6.04. The molecule has 112 valence electrons. The summed E-state index contributed by atoms with van der Waals surface area (Å²) in [5.41, 5.74) is 2.73. The Morgan fingerprint density at radius 3 is 2.18 bits per heavy atom. The van der Waals surface area contributed by atoms with Crippen LogP contribution in [0.5, 0.6) is 0 Å². The lowest BCUT2D eigenvalue weighted by atomic mass is 10.2. The SMILES string of the molecule is CC(C)=CC(=O)Nc1ccc(NC(=O)c2cccnc2)cc1. The minimum absolute atomic E-state index is 0.174. The van der Waals surface area contributed by atoms with Crippen LogP contribution in [0.15, 0.2) is 60.4 Å². The molecule has 1 heterocycles. The number of amides is 2. The molecule has 0 fully saturated rings. The summed E-state index contributed by atoms with van der Waals surface area (Å²) in [5, 5.41) is 5.51. The van der Waals surface area contributed by atoms with Crippen molar-refractivity contribution in [3.63, 3.8) is 0 Å². The first kappa shape index (κ1) is 15.4. The van der Waals surface area contributed by atoms with Gasteiger partial charge in [0.2, 0.25) is 5.91 Å². The fourth-order valence-corrected chi connectivity index (χ4v) is 1.78. The Bertz CT molecular complexity index is 688. The lowest BCUT2D eigenvalue weighted by Gasteiger charge is -2.07. The van der Waals surface area contributed by atoms with Crippen molar-refractivity contribution in [2.24, 2.45) is 0 Å². The van der Waals surface area contributed by atoms with E-state index in [2.05, 4.69) is 15.6 Å². The first-order valence-electron chi connectivity index (χ1n) is 6.82. The van der Waals surface area contributed by atoms with E-state index in [9.17, 15) is 9.59 Å². The standard InChI is InChI=1S/C17H17N3O2/c1-12(2)10-16(21)19-14-5-7-15(8-6-14)20-17(22)13-4-3-9-18-11-13/h3-11H,1-2H3,(H,19,21)(H,20,22). The summed E-state index contributed by atoms with van der Waals surface area (Å²) in [6.07, 6.45) is 4.64. The van der Waals surface area contributed by atoms with Crippen LogP contribution in [0.1, 0.15) is 24.2 Å². The molecule has 2 N–H and O–H groups in total. The predicted octanol–water partition coefficient (Wildman–Crippen LogP) is 3.24. The Morgan fingerprint density at radius 2 is 1.64 bits per heavy atom. The molecule has 5 nitrogen and oxygen atoms in total. The third kappa shape index (κ3) is 4.56. The zero-order chi connectivity index (χ0) is 15.9. The molecule has 1 aromatic carbocycles. The molecule has 1 aromatic heterocycles. The summed E-state index contributed by atoms with van der Waals surface area (Å²) in [6.45, 7) is 3.72. The summed E-state index contributed by atoms with van der Waals surface area (Å²) >= 11 is 0. The van der Waals surface area contributed by atoms with Gasteiger partial charge in [-0.25, -0.2) is 0 Å². The van der Waals surface area contributed by atoms with E-state index in [1.165, 1.54) is 12.3 Å². The van der Waals surface area contributed by atoms with Crippen molar-refractivity contribution in [3.05, 3.63) is 66.0 Å². The molecule has 0 atom stereocenters. The van der Waals surface area contributed by atoms with Crippen LogP contribution in [0.2, 0.25) is 0 Å². The number of hydrogen-bond donors (Lipinski definition) is 2. The monoisotopic (exact) mass is 295 g/mol. The second-order valence-corrected chi connectivity index (χ2v) is 4.98. The van der Waals surface area contributed by atoms with Gasteiger partial charge in [-0.3, -0.25) is 14.6 Å². The average molecular weight is 295 g/mol. The lowest BCUT2D eigenvalue weighted by Crippen LogP contribution is -2.12. The molecule has 2 aromatic rings. The van der Waals surface area contributed by atoms with Gasteiger partial charge < -0.3 is 10.6 Å². The number of hydrogen-bond acceptors (Lipinski definition) is 3. The van der Waals surface area contributed by atoms with Gasteiger partial charge in [-0.15, -0.1) is 0 Å². The number of anilines is 2. The van der Waals surface area contributed by atoms with Crippen LogP contribution in [0.4, 0.5) is 11.4 Å². The predicted molar refractivity (Wildman–Crippen MR) is 86.7 cm³/mol. The summed E-state index contributed by atoms with van der Waals surface area (Å²) < 4.78 is 0. The number of carbonyl (C=O) groups is 2. The highest BCUT2D eigenvalue weighted by atomic mass is 16.2. The van der Waals surface area contributed by atoms with Crippen LogP contribution >= 0.6 is 0 Å². The van der Waals surface area contributed by atoms with Crippen LogP contribution in [0.25, 0.3) is 0 Å². The highest BCUT2D eigenvalue weighted by Gasteiger charge is 2.05. The molecule has 0 saturated heterocycles. The normalized spacial score (nSPS) is 9.73. The number of pyridine rings is 1. The molecule has 22 heavy (non-hydrogen) atoms. The molecule has 0 aliphatic carbocycles. The van der Waals surface area contributed by atoms with Crippen LogP contribution in [-0.4, -0.2) is 16.8 Å². The van der Waals surface area contributed by atoms with Crippen molar-refractivity contribution in [3.8, 4) is 0 Å². The minimum Gasteiger partial charge on any atom is -0.323 e. The Hall–Kier alpha value is -2.95. The summed E-state index contributed by atoms with van der Waals surface area (Å²) in [5.74, 6) is -0.401. The van der Waals surface area contributed by atoms with E-state index in [0.717, 1.165) is 5.57 Å². The zero-order valence-electron chi connectivity index (χ0n) is 12.5. The Labute approximate surface area is 129 Å². The Kier molecular flexibility index (Phi) is 5.03. The van der Waals surface area contributed by atoms with E-state index < -0.39 is 0 Å². The summed E-state index contributed by atoms with van der Waals surface area (Å²) in [7, 11) is 0. The molecule has 0 unspecified atom stereocenters. The van der Waals surface area contributed by atoms with E-state index in [4.69, 9.17) is 0 Å². The van der Waals surface area contributed by atoms with Crippen molar-refractivity contribution in [1.82, 2.24) is 4.98 Å². The third-order valence-corrected chi connectivity index (χ3v) is 2.75. The Balaban J connectivity index is 1.99. The highest BCUT2D eigenvalue weighted by Crippen LogP contribution is 2.14. The number of carbonyl (C=O) groups excluding carboxylic acids is 2. The van der Waals surface area contributed by atoms with Crippen LogP contribution in [0, 0.1) is 0 Å². The van der Waals surface area contributed by atoms with Crippen molar-refractivity contribution in [1.29, 1.82) is 0 Å². The van der Waals surface area contributed by atoms with Crippen molar-refractivity contribution in [2.75, 3.05) is 10.6 Å². The molecule has 0 aliphatic rings. The molecule has 0 aliphatic heterocycles. The fourth-order valence-electron chi connectivity index (χ4n) is 1.78. The first-order valence-corrected chi connectivity index (χ1v) is 6.82. The smallest absolute Gasteiger partial charge is 0.257 e. The van der Waals surface area contributed by atoms with Gasteiger partial charge >= 0.3 is 0 Å². The fraction of sp³-hybridized carbons (Fsp3) is 0.118. The van der Waals surface area contributed by atoms with Gasteiger partial charge in [0.05, 0.1) is 5.56 Å². The number of aromatic nitrogens is 1. The third-order valence-electron chi connectivity index (χ3n) is 2.75. The topological polar surface area (TPSA) is 71.1 Å². The first-order chi connectivity index (χ1) is 10.5. The van der Waals surface area contributed by atoms with E-state index >= 15 is 0 Å². The maximum absolute atomic E-state index is 12.0. The maximum Gasteiger partial charge on any atom is 0.257 e. The minimum atomic E-state index is -0.227. The van der Waals surface area contributed by atoms with Crippen LogP contribution in [-0.2, 0) is 4.79 Å². The largest absolute Gasteiger partial charge is 0.323 e. The molecule has 0 bridgehead atoms. The Morgan fingerprint density at radius 1 is 1.00 bits per heavy atom. The number of nitrogens with zero attached hydrogens (tertiary/aromatic N) is 1. The summed E-state index contributed by atoms with van der Waals surface area (Å²) in [6, 6.07) is 10.3. The van der Waals surface area contributed by atoms with Crippen LogP contribution in [0.3, 0.4) is 0 Å². The zero-order valence-corrected chi connectivity index (χ0v) is 12.5. The molecule has 0 radical (unpaired) electrons. The van der Waals surface area contributed by atoms with Gasteiger partial charge in [0.25, 0.3) is 5.91 Å². The lowest BCUT2D eigenvalue weighted by molar-refractivity contribution is -0.111. The van der Waals surface area contributed by atoms with Crippen molar-refractivity contribution >= 4 is 23.2 Å². The van der Waals surface area contributed by atoms with Gasteiger partial charge in [0.15, 0.2) is 0 Å². The van der Waals surface area contributed by atoms with E-state index in [1.807, 2.05) is 13.8 Å². The van der Waals surface area contributed by atoms with E-state index in [1.54, 1.807) is 42.6 Å². The molecular formula is C17H17N3O2. The quantitative estimate of drug-likeness (QED) is 0.851. The van der Waals surface area contributed by atoms with Crippen molar-refractivity contribution in [2.45, 2.75) is 13.8 Å². The molecular weight excluding hydrogens is 278 g/mol. The second kappa shape index (κ2) is 7.17. The number of nitrogens with one attached hydrogen (secondary N) is 2. The average Bonchev–Trinajstić information content (AvgIpc) is 2.49. The number of rotatable bonds is 4. The molecule has 2 amide bonds. The van der Waals surface area contributed by atoms with E-state index in [0.29, 0.717) is 16.9 Å². The van der Waals surface area contributed by atoms with Gasteiger partial charge in [-0.2, -0.15) is 0 Å². The molecule has 2 rings (SSSR count). The number of benzene rings is 1. The van der Waals surface area contributed by atoms with Crippen LogP contribution < -0.4 is 10.6 Å². The molecule has 0 spiro atoms. The molecule has 0 saturated carbocycles. The maximum atomic E-state index is 12.0. The summed E-state index contributed by atoms with van der Waals surface area (Å²) in [4.78, 5) is 27.5. The molecule has 5 heteroatoms. The van der Waals surface area contributed by atoms with Gasteiger partial charge in [-0.05, 0) is 50.2 Å². The van der Waals surface area contributed by atoms with Crippen molar-refractivity contribution < 1.29 is 9.59 Å². The second-order valence-electron chi connectivity index (χ2n) is 4.98. The van der Waals surface area contributed by atoms with Gasteiger partial charge in [0.1, 0.15) is 0 Å². The number of allylic oxidation sites excluding steroid dienone is 1. The van der Waals surface area contributed by atoms with E-state index in [-0.39, 0.29) is 11.8 Å². The van der Waals surface area contributed by atoms with Gasteiger partial charge in [-0.1, -0.05) is 5.57 Å².